The summed E-state index contributed by atoms with van der Waals surface area (Å²) in [5.41, 5.74) is 0.367. The maximum atomic E-state index is 13.2. The summed E-state index contributed by atoms with van der Waals surface area (Å²) in [4.78, 5) is 11.7. The van der Waals surface area contributed by atoms with E-state index in [1.165, 1.54) is 6.07 Å². The number of benzene rings is 1. The molecule has 0 spiro atoms. The van der Waals surface area contributed by atoms with Gasteiger partial charge in [0.15, 0.2) is 5.78 Å². The van der Waals surface area contributed by atoms with E-state index in [0.29, 0.717) is 16.5 Å². The molecule has 0 aliphatic heterocycles. The zero-order valence-corrected chi connectivity index (χ0v) is 10.7. The quantitative estimate of drug-likeness (QED) is 0.738. The van der Waals surface area contributed by atoms with E-state index in [0.717, 1.165) is 0 Å². The molecule has 1 aromatic carbocycles. The Kier molecular flexibility index (Phi) is 3.66. The summed E-state index contributed by atoms with van der Waals surface area (Å²) in [5, 5.41) is 0. The van der Waals surface area contributed by atoms with Crippen LogP contribution in [-0.4, -0.2) is 5.78 Å². The third-order valence-electron chi connectivity index (χ3n) is 1.93. The molecule has 0 aliphatic rings. The number of carbonyl (C=O) groups excluding carboxylic acids is 1. The van der Waals surface area contributed by atoms with Crippen molar-refractivity contribution < 1.29 is 9.18 Å². The molecular weight excluding hydrogens is 259 g/mol. The highest BCUT2D eigenvalue weighted by atomic mass is 79.9. The number of ketones is 1. The number of Topliss-reactive ketones (excluding diaryl/α,β-unsaturated/α-hetero) is 1. The summed E-state index contributed by atoms with van der Waals surface area (Å²) in [6, 6.07) is 4.48. The summed E-state index contributed by atoms with van der Waals surface area (Å²) < 4.78 is 13.6. The van der Waals surface area contributed by atoms with Crippen molar-refractivity contribution in [2.45, 2.75) is 27.2 Å². The highest BCUT2D eigenvalue weighted by Gasteiger charge is 2.17. The van der Waals surface area contributed by atoms with E-state index in [4.69, 9.17) is 0 Å². The first kappa shape index (κ1) is 12.4. The van der Waals surface area contributed by atoms with Gasteiger partial charge in [0.05, 0.1) is 4.47 Å². The number of rotatable bonds is 2. The number of hydrogen-bond donors (Lipinski definition) is 0. The Labute approximate surface area is 97.8 Å². The Morgan fingerprint density at radius 3 is 2.47 bits per heavy atom. The lowest BCUT2D eigenvalue weighted by molar-refractivity contribution is 0.0939. The third-order valence-corrected chi connectivity index (χ3v) is 2.58. The van der Waals surface area contributed by atoms with Crippen LogP contribution in [0.5, 0.6) is 0 Å². The fourth-order valence-corrected chi connectivity index (χ4v) is 1.50. The molecule has 0 aromatic heterocycles. The molecule has 1 aromatic rings. The molecular formula is C12H14BrFO. The van der Waals surface area contributed by atoms with Gasteiger partial charge in [-0.2, -0.15) is 0 Å². The van der Waals surface area contributed by atoms with Crippen LogP contribution in [0.1, 0.15) is 37.6 Å². The molecule has 0 heterocycles. The summed E-state index contributed by atoms with van der Waals surface area (Å²) in [6.07, 6.45) is 0.425. The van der Waals surface area contributed by atoms with Gasteiger partial charge in [-0.1, -0.05) is 26.8 Å². The second kappa shape index (κ2) is 4.44. The SMILES string of the molecule is CC(C)(C)CC(=O)c1ccc(Br)c(F)c1. The number of hydrogen-bond acceptors (Lipinski definition) is 1. The van der Waals surface area contributed by atoms with E-state index in [1.54, 1.807) is 12.1 Å². The van der Waals surface area contributed by atoms with Crippen LogP contribution in [0.25, 0.3) is 0 Å². The van der Waals surface area contributed by atoms with E-state index in [-0.39, 0.29) is 11.2 Å². The molecule has 0 saturated heterocycles. The van der Waals surface area contributed by atoms with Gasteiger partial charge in [0.2, 0.25) is 0 Å². The van der Waals surface area contributed by atoms with Crippen molar-refractivity contribution in [3.05, 3.63) is 34.1 Å². The van der Waals surface area contributed by atoms with Gasteiger partial charge in [0.25, 0.3) is 0 Å². The Balaban J connectivity index is 2.88. The fourth-order valence-electron chi connectivity index (χ4n) is 1.25. The van der Waals surface area contributed by atoms with E-state index in [2.05, 4.69) is 15.9 Å². The molecule has 0 unspecified atom stereocenters. The van der Waals surface area contributed by atoms with Crippen LogP contribution in [0.4, 0.5) is 4.39 Å². The molecule has 1 nitrogen and oxygen atoms in total. The van der Waals surface area contributed by atoms with Gasteiger partial charge in [-0.05, 0) is 33.5 Å². The van der Waals surface area contributed by atoms with Crippen molar-refractivity contribution >= 4 is 21.7 Å². The van der Waals surface area contributed by atoms with Crippen molar-refractivity contribution in [1.29, 1.82) is 0 Å². The zero-order chi connectivity index (χ0) is 11.6. The standard InChI is InChI=1S/C12H14BrFO/c1-12(2,3)7-11(15)8-4-5-9(13)10(14)6-8/h4-6H,7H2,1-3H3. The summed E-state index contributed by atoms with van der Waals surface area (Å²) in [7, 11) is 0. The first-order valence-electron chi connectivity index (χ1n) is 4.78. The minimum atomic E-state index is -0.394. The molecule has 0 N–H and O–H groups in total. The van der Waals surface area contributed by atoms with Crippen LogP contribution < -0.4 is 0 Å². The topological polar surface area (TPSA) is 17.1 Å². The summed E-state index contributed by atoms with van der Waals surface area (Å²) in [6.45, 7) is 5.96. The first-order valence-corrected chi connectivity index (χ1v) is 5.57. The van der Waals surface area contributed by atoms with Crippen LogP contribution >= 0.6 is 15.9 Å². The summed E-state index contributed by atoms with van der Waals surface area (Å²) >= 11 is 3.05. The molecule has 82 valence electrons. The van der Waals surface area contributed by atoms with Crippen LogP contribution in [0.15, 0.2) is 22.7 Å². The Morgan fingerprint density at radius 2 is 2.00 bits per heavy atom. The molecule has 0 amide bonds. The van der Waals surface area contributed by atoms with Gasteiger partial charge in [-0.15, -0.1) is 0 Å². The predicted molar refractivity (Wildman–Crippen MR) is 62.5 cm³/mol. The molecule has 15 heavy (non-hydrogen) atoms. The van der Waals surface area contributed by atoms with Gasteiger partial charge in [0, 0.05) is 12.0 Å². The lowest BCUT2D eigenvalue weighted by atomic mass is 9.88. The van der Waals surface area contributed by atoms with Crippen molar-refractivity contribution in [3.8, 4) is 0 Å². The van der Waals surface area contributed by atoms with E-state index in [1.807, 2.05) is 20.8 Å². The second-order valence-corrected chi connectivity index (χ2v) is 5.64. The van der Waals surface area contributed by atoms with Crippen molar-refractivity contribution in [3.63, 3.8) is 0 Å². The van der Waals surface area contributed by atoms with Crippen molar-refractivity contribution in [2.75, 3.05) is 0 Å². The number of halogens is 2. The molecule has 0 fully saturated rings. The molecule has 0 saturated carbocycles. The lowest BCUT2D eigenvalue weighted by Crippen LogP contribution is -2.13. The smallest absolute Gasteiger partial charge is 0.163 e. The van der Waals surface area contributed by atoms with Gasteiger partial charge in [-0.25, -0.2) is 4.39 Å². The van der Waals surface area contributed by atoms with Crippen LogP contribution in [-0.2, 0) is 0 Å². The largest absolute Gasteiger partial charge is 0.294 e. The van der Waals surface area contributed by atoms with Gasteiger partial charge >= 0.3 is 0 Å². The van der Waals surface area contributed by atoms with Crippen LogP contribution in [0.2, 0.25) is 0 Å². The Hall–Kier alpha value is -0.700. The molecule has 1 rings (SSSR count). The fraction of sp³-hybridized carbons (Fsp3) is 0.417. The van der Waals surface area contributed by atoms with E-state index < -0.39 is 5.82 Å². The average molecular weight is 273 g/mol. The Bertz CT molecular complexity index is 380. The minimum absolute atomic E-state index is 0.0195. The average Bonchev–Trinajstić information content (AvgIpc) is 2.06. The van der Waals surface area contributed by atoms with E-state index in [9.17, 15) is 9.18 Å². The molecule has 0 bridgehead atoms. The van der Waals surface area contributed by atoms with Crippen molar-refractivity contribution in [2.24, 2.45) is 5.41 Å². The second-order valence-electron chi connectivity index (χ2n) is 4.79. The first-order chi connectivity index (χ1) is 6.79. The lowest BCUT2D eigenvalue weighted by Gasteiger charge is -2.16. The van der Waals surface area contributed by atoms with Gasteiger partial charge in [-0.3, -0.25) is 4.79 Å². The Morgan fingerprint density at radius 1 is 1.40 bits per heavy atom. The maximum absolute atomic E-state index is 13.2. The molecule has 3 heteroatoms. The normalized spacial score (nSPS) is 11.5. The predicted octanol–water partition coefficient (Wildman–Crippen LogP) is 4.21. The monoisotopic (exact) mass is 272 g/mol. The molecule has 0 atom stereocenters. The molecule has 0 radical (unpaired) electrons. The van der Waals surface area contributed by atoms with Gasteiger partial charge in [0.1, 0.15) is 5.82 Å². The highest BCUT2D eigenvalue weighted by molar-refractivity contribution is 9.10. The van der Waals surface area contributed by atoms with E-state index >= 15 is 0 Å². The zero-order valence-electron chi connectivity index (χ0n) is 9.10. The minimum Gasteiger partial charge on any atom is -0.294 e. The van der Waals surface area contributed by atoms with Crippen LogP contribution in [0, 0.1) is 11.2 Å². The molecule has 0 aliphatic carbocycles. The van der Waals surface area contributed by atoms with Crippen LogP contribution in [0.3, 0.4) is 0 Å². The van der Waals surface area contributed by atoms with Crippen molar-refractivity contribution in [1.82, 2.24) is 0 Å². The third kappa shape index (κ3) is 3.74. The highest BCUT2D eigenvalue weighted by Crippen LogP contribution is 2.23. The number of carbonyl (C=O) groups is 1. The van der Waals surface area contributed by atoms with Gasteiger partial charge < -0.3 is 0 Å². The maximum Gasteiger partial charge on any atom is 0.163 e. The summed E-state index contributed by atoms with van der Waals surface area (Å²) in [5.74, 6) is -0.413.